The number of hydrogen-bond donors (Lipinski definition) is 1. The Kier molecular flexibility index (Phi) is 4.51. The van der Waals surface area contributed by atoms with E-state index >= 15 is 0 Å². The van der Waals surface area contributed by atoms with E-state index in [9.17, 15) is 13.2 Å². The fraction of sp³-hybridized carbons (Fsp3) is 0.625. The summed E-state index contributed by atoms with van der Waals surface area (Å²) in [7, 11) is 0. The minimum atomic E-state index is -1.18. The van der Waals surface area contributed by atoms with E-state index in [2.05, 4.69) is 19.2 Å². The summed E-state index contributed by atoms with van der Waals surface area (Å²) in [5, 5.41) is 2.96. The first kappa shape index (κ1) is 16.1. The van der Waals surface area contributed by atoms with E-state index in [4.69, 9.17) is 4.74 Å². The Labute approximate surface area is 123 Å². The molecule has 0 aliphatic heterocycles. The van der Waals surface area contributed by atoms with Crippen LogP contribution in [0.25, 0.3) is 0 Å². The zero-order valence-corrected chi connectivity index (χ0v) is 12.8. The molecule has 0 amide bonds. The molecule has 2 unspecified atom stereocenters. The lowest BCUT2D eigenvalue weighted by molar-refractivity contribution is -0.108. The van der Waals surface area contributed by atoms with Gasteiger partial charge in [0.15, 0.2) is 11.6 Å². The molecule has 2 rings (SSSR count). The molecule has 1 saturated carbocycles. The van der Waals surface area contributed by atoms with Crippen LogP contribution in [0, 0.1) is 28.8 Å². The molecule has 1 fully saturated rings. The monoisotopic (exact) mass is 301 g/mol. The number of hydrogen-bond acceptors (Lipinski definition) is 2. The molecule has 2 nitrogen and oxygen atoms in total. The Balaban J connectivity index is 2.01. The average molecular weight is 301 g/mol. The summed E-state index contributed by atoms with van der Waals surface area (Å²) in [5.74, 6) is -2.56. The van der Waals surface area contributed by atoms with Gasteiger partial charge in [-0.3, -0.25) is 0 Å². The van der Waals surface area contributed by atoms with E-state index in [0.717, 1.165) is 12.5 Å². The van der Waals surface area contributed by atoms with Crippen LogP contribution in [0.3, 0.4) is 0 Å². The molecule has 5 heteroatoms. The van der Waals surface area contributed by atoms with Gasteiger partial charge in [0.2, 0.25) is 0 Å². The second-order valence-electron chi connectivity index (χ2n) is 6.72. The molecule has 1 aromatic carbocycles. The third-order valence-corrected chi connectivity index (χ3v) is 4.15. The number of anilines is 1. The molecule has 1 N–H and O–H groups in total. The maximum Gasteiger partial charge on any atom is 0.161 e. The molecule has 0 aromatic heterocycles. The summed E-state index contributed by atoms with van der Waals surface area (Å²) < 4.78 is 45.6. The van der Waals surface area contributed by atoms with Gasteiger partial charge < -0.3 is 10.1 Å². The fourth-order valence-corrected chi connectivity index (χ4v) is 2.54. The van der Waals surface area contributed by atoms with Crippen LogP contribution in [-0.4, -0.2) is 18.8 Å². The molecule has 1 aliphatic rings. The zero-order chi connectivity index (χ0) is 15.8. The van der Waals surface area contributed by atoms with Crippen molar-refractivity contribution in [1.29, 1.82) is 0 Å². The van der Waals surface area contributed by atoms with Gasteiger partial charge in [0.25, 0.3) is 0 Å². The number of nitrogens with one attached hydrogen (secondary N) is 1. The van der Waals surface area contributed by atoms with Crippen molar-refractivity contribution in [2.24, 2.45) is 11.3 Å². The van der Waals surface area contributed by atoms with Gasteiger partial charge in [0, 0.05) is 30.2 Å². The first-order valence-corrected chi connectivity index (χ1v) is 7.24. The maximum absolute atomic E-state index is 13.7. The van der Waals surface area contributed by atoms with Crippen molar-refractivity contribution < 1.29 is 17.9 Å². The van der Waals surface area contributed by atoms with E-state index in [1.807, 2.05) is 13.8 Å². The van der Waals surface area contributed by atoms with E-state index in [1.54, 1.807) is 0 Å². The predicted octanol–water partition coefficient (Wildman–Crippen LogP) is 4.36. The van der Waals surface area contributed by atoms with Crippen LogP contribution in [0.1, 0.15) is 34.1 Å². The third kappa shape index (κ3) is 3.34. The molecule has 0 heterocycles. The quantitative estimate of drug-likeness (QED) is 0.816. The van der Waals surface area contributed by atoms with Crippen LogP contribution in [-0.2, 0) is 4.74 Å². The van der Waals surface area contributed by atoms with E-state index in [0.29, 0.717) is 18.6 Å². The lowest BCUT2D eigenvalue weighted by Gasteiger charge is -2.52. The van der Waals surface area contributed by atoms with Gasteiger partial charge in [-0.25, -0.2) is 13.2 Å². The third-order valence-electron chi connectivity index (χ3n) is 4.15. The van der Waals surface area contributed by atoms with E-state index in [1.165, 1.54) is 0 Å². The van der Waals surface area contributed by atoms with Crippen LogP contribution < -0.4 is 5.32 Å². The van der Waals surface area contributed by atoms with Crippen LogP contribution >= 0.6 is 0 Å². The molecule has 0 bridgehead atoms. The van der Waals surface area contributed by atoms with Crippen molar-refractivity contribution >= 4 is 5.69 Å². The van der Waals surface area contributed by atoms with Crippen LogP contribution in [0.15, 0.2) is 12.1 Å². The van der Waals surface area contributed by atoms with Gasteiger partial charge in [0.1, 0.15) is 5.82 Å². The first-order valence-electron chi connectivity index (χ1n) is 7.24. The maximum atomic E-state index is 13.7. The number of ether oxygens (including phenoxy) is 1. The molecule has 118 valence electrons. The molecular weight excluding hydrogens is 279 g/mol. The summed E-state index contributed by atoms with van der Waals surface area (Å²) in [5.41, 5.74) is -0.194. The minimum absolute atomic E-state index is 0.00529. The highest BCUT2D eigenvalue weighted by Crippen LogP contribution is 2.44. The Morgan fingerprint density at radius 2 is 1.81 bits per heavy atom. The molecule has 2 atom stereocenters. The van der Waals surface area contributed by atoms with Crippen LogP contribution in [0.5, 0.6) is 0 Å². The van der Waals surface area contributed by atoms with Gasteiger partial charge in [-0.05, 0) is 12.3 Å². The topological polar surface area (TPSA) is 21.3 Å². The highest BCUT2D eigenvalue weighted by Gasteiger charge is 2.49. The molecule has 0 saturated heterocycles. The fourth-order valence-electron chi connectivity index (χ4n) is 2.54. The smallest absolute Gasteiger partial charge is 0.161 e. The molecule has 1 aromatic rings. The van der Waals surface area contributed by atoms with Crippen LogP contribution in [0.2, 0.25) is 0 Å². The standard InChI is InChI=1S/C16H22F3NO/c1-9(2)8-21-15-7-14(16(15,3)4)20-13-6-11(18)10(17)5-12(13)19/h5-6,9,14-15,20H,7-8H2,1-4H3. The molecule has 0 spiro atoms. The van der Waals surface area contributed by atoms with E-state index in [-0.39, 0.29) is 23.2 Å². The SMILES string of the molecule is CC(C)COC1CC(Nc2cc(F)c(F)cc2F)C1(C)C. The van der Waals surface area contributed by atoms with Gasteiger partial charge >= 0.3 is 0 Å². The summed E-state index contributed by atoms with van der Waals surface area (Å²) in [6.07, 6.45) is 0.809. The van der Waals surface area contributed by atoms with Gasteiger partial charge in [-0.2, -0.15) is 0 Å². The predicted molar refractivity (Wildman–Crippen MR) is 76.7 cm³/mol. The average Bonchev–Trinajstić information content (AvgIpc) is 2.38. The summed E-state index contributed by atoms with van der Waals surface area (Å²) >= 11 is 0. The number of halogens is 3. The van der Waals surface area contributed by atoms with Crippen molar-refractivity contribution in [2.75, 3.05) is 11.9 Å². The lowest BCUT2D eigenvalue weighted by atomic mass is 9.64. The largest absolute Gasteiger partial charge is 0.379 e. The lowest BCUT2D eigenvalue weighted by Crippen LogP contribution is -2.58. The Morgan fingerprint density at radius 3 is 2.38 bits per heavy atom. The normalized spacial score (nSPS) is 24.0. The van der Waals surface area contributed by atoms with Crippen molar-refractivity contribution in [3.05, 3.63) is 29.6 Å². The van der Waals surface area contributed by atoms with E-state index < -0.39 is 17.5 Å². The van der Waals surface area contributed by atoms with Gasteiger partial charge in [-0.1, -0.05) is 27.7 Å². The zero-order valence-electron chi connectivity index (χ0n) is 12.8. The van der Waals surface area contributed by atoms with Crippen molar-refractivity contribution in [2.45, 2.75) is 46.3 Å². The minimum Gasteiger partial charge on any atom is -0.379 e. The molecular formula is C16H22F3NO. The number of rotatable bonds is 5. The molecule has 21 heavy (non-hydrogen) atoms. The Hall–Kier alpha value is -1.23. The van der Waals surface area contributed by atoms with Gasteiger partial charge in [0.05, 0.1) is 11.8 Å². The molecule has 0 radical (unpaired) electrons. The first-order chi connectivity index (χ1) is 9.71. The summed E-state index contributed by atoms with van der Waals surface area (Å²) in [6.45, 7) is 8.89. The highest BCUT2D eigenvalue weighted by atomic mass is 19.2. The van der Waals surface area contributed by atoms with Crippen molar-refractivity contribution in [1.82, 2.24) is 0 Å². The van der Waals surface area contributed by atoms with Crippen molar-refractivity contribution in [3.8, 4) is 0 Å². The Morgan fingerprint density at radius 1 is 1.19 bits per heavy atom. The second kappa shape index (κ2) is 5.87. The van der Waals surface area contributed by atoms with Gasteiger partial charge in [-0.15, -0.1) is 0 Å². The molecule has 1 aliphatic carbocycles. The summed E-state index contributed by atoms with van der Waals surface area (Å²) in [6, 6.07) is 1.40. The van der Waals surface area contributed by atoms with Crippen molar-refractivity contribution in [3.63, 3.8) is 0 Å². The summed E-state index contributed by atoms with van der Waals surface area (Å²) in [4.78, 5) is 0. The Bertz CT molecular complexity index is 516. The highest BCUT2D eigenvalue weighted by molar-refractivity contribution is 5.47. The second-order valence-corrected chi connectivity index (χ2v) is 6.72. The number of benzene rings is 1. The van der Waals surface area contributed by atoms with Crippen LogP contribution in [0.4, 0.5) is 18.9 Å².